The summed E-state index contributed by atoms with van der Waals surface area (Å²) in [6, 6.07) is 6.94. The van der Waals surface area contributed by atoms with Crippen LogP contribution in [0.15, 0.2) is 18.2 Å². The molecule has 0 saturated carbocycles. The van der Waals surface area contributed by atoms with Crippen LogP contribution in [0.25, 0.3) is 0 Å². The van der Waals surface area contributed by atoms with E-state index in [-0.39, 0.29) is 0 Å². The lowest BCUT2D eigenvalue weighted by molar-refractivity contribution is 0.0223. The van der Waals surface area contributed by atoms with Gasteiger partial charge in [-0.25, -0.2) is 0 Å². The van der Waals surface area contributed by atoms with Crippen LogP contribution in [0, 0.1) is 0 Å². The van der Waals surface area contributed by atoms with E-state index in [0.717, 1.165) is 37.2 Å². The Hall–Kier alpha value is -1.30. The molecule has 2 heterocycles. The van der Waals surface area contributed by atoms with Crippen LogP contribution in [0.1, 0.15) is 5.56 Å². The van der Waals surface area contributed by atoms with Gasteiger partial charge in [0.2, 0.25) is 0 Å². The van der Waals surface area contributed by atoms with E-state index < -0.39 is 0 Å². The molecule has 0 atom stereocenters. The number of piperazine rings is 1. The van der Waals surface area contributed by atoms with Crippen LogP contribution < -0.4 is 14.8 Å². The lowest BCUT2D eigenvalue weighted by Gasteiger charge is -2.47. The van der Waals surface area contributed by atoms with Gasteiger partial charge in [-0.05, 0) is 17.7 Å². The van der Waals surface area contributed by atoms with Crippen molar-refractivity contribution >= 4 is 0 Å². The molecule has 0 aromatic heterocycles. The summed E-state index contributed by atoms with van der Waals surface area (Å²) in [5.41, 5.74) is 1.28. The third-order valence-electron chi connectivity index (χ3n) is 4.46. The first kappa shape index (κ1) is 14.6. The molecular weight excluding hydrogens is 266 g/mol. The van der Waals surface area contributed by atoms with E-state index in [0.29, 0.717) is 0 Å². The Kier molecular flexibility index (Phi) is 4.63. The number of hydrogen-bond acceptors (Lipinski definition) is 5. The highest BCUT2D eigenvalue weighted by atomic mass is 16.5. The minimum atomic E-state index is 0.743. The molecule has 5 heteroatoms. The molecule has 0 radical (unpaired) electrons. The Bertz CT molecular complexity index is 469. The summed E-state index contributed by atoms with van der Waals surface area (Å²) >= 11 is 0. The average Bonchev–Trinajstić information content (AvgIpc) is 2.51. The van der Waals surface area contributed by atoms with Gasteiger partial charge in [0.15, 0.2) is 11.5 Å². The first-order valence-electron chi connectivity index (χ1n) is 7.68. The summed E-state index contributed by atoms with van der Waals surface area (Å²) in [6.07, 6.45) is 0. The molecular formula is C16H25N3O2. The summed E-state index contributed by atoms with van der Waals surface area (Å²) in [5, 5.41) is 3.41. The van der Waals surface area contributed by atoms with Crippen LogP contribution in [-0.4, -0.2) is 69.3 Å². The van der Waals surface area contributed by atoms with Crippen molar-refractivity contribution in [3.05, 3.63) is 23.8 Å². The van der Waals surface area contributed by atoms with Crippen molar-refractivity contribution in [3.63, 3.8) is 0 Å². The number of nitrogens with zero attached hydrogens (tertiary/aromatic N) is 2. The van der Waals surface area contributed by atoms with Crippen LogP contribution in [0.2, 0.25) is 0 Å². The van der Waals surface area contributed by atoms with Crippen molar-refractivity contribution in [1.29, 1.82) is 0 Å². The van der Waals surface area contributed by atoms with Gasteiger partial charge in [-0.2, -0.15) is 0 Å². The lowest BCUT2D eigenvalue weighted by Crippen LogP contribution is -2.62. The maximum Gasteiger partial charge on any atom is 0.161 e. The number of ether oxygens (including phenoxy) is 2. The maximum atomic E-state index is 5.37. The van der Waals surface area contributed by atoms with Gasteiger partial charge in [0.25, 0.3) is 0 Å². The van der Waals surface area contributed by atoms with Crippen molar-refractivity contribution < 1.29 is 9.47 Å². The Morgan fingerprint density at radius 3 is 2.48 bits per heavy atom. The fourth-order valence-corrected chi connectivity index (χ4v) is 3.19. The number of nitrogens with one attached hydrogen (secondary N) is 1. The highest BCUT2D eigenvalue weighted by molar-refractivity contribution is 5.42. The zero-order valence-electron chi connectivity index (χ0n) is 13.0. The second kappa shape index (κ2) is 6.64. The topological polar surface area (TPSA) is 37.0 Å². The van der Waals surface area contributed by atoms with Crippen molar-refractivity contribution in [2.24, 2.45) is 0 Å². The largest absolute Gasteiger partial charge is 0.493 e. The molecule has 0 amide bonds. The van der Waals surface area contributed by atoms with E-state index in [1.807, 2.05) is 6.07 Å². The fraction of sp³-hybridized carbons (Fsp3) is 0.625. The monoisotopic (exact) mass is 291 g/mol. The summed E-state index contributed by atoms with van der Waals surface area (Å²) in [7, 11) is 3.36. The van der Waals surface area contributed by atoms with Gasteiger partial charge in [-0.15, -0.1) is 0 Å². The third-order valence-corrected chi connectivity index (χ3v) is 4.46. The van der Waals surface area contributed by atoms with Crippen LogP contribution in [0.3, 0.4) is 0 Å². The predicted octanol–water partition coefficient (Wildman–Crippen LogP) is 0.793. The van der Waals surface area contributed by atoms with Gasteiger partial charge in [0.05, 0.1) is 14.2 Å². The Balaban J connectivity index is 1.52. The van der Waals surface area contributed by atoms with E-state index in [4.69, 9.17) is 9.47 Å². The van der Waals surface area contributed by atoms with Crippen molar-refractivity contribution in [2.45, 2.75) is 12.6 Å². The summed E-state index contributed by atoms with van der Waals surface area (Å²) in [4.78, 5) is 5.11. The molecule has 0 unspecified atom stereocenters. The van der Waals surface area contributed by atoms with Gasteiger partial charge in [-0.3, -0.25) is 9.80 Å². The van der Waals surface area contributed by atoms with E-state index in [9.17, 15) is 0 Å². The number of likely N-dealkylation sites (tertiary alicyclic amines) is 1. The average molecular weight is 291 g/mol. The third kappa shape index (κ3) is 3.31. The van der Waals surface area contributed by atoms with E-state index in [1.165, 1.54) is 31.7 Å². The first-order valence-corrected chi connectivity index (χ1v) is 7.68. The summed E-state index contributed by atoms with van der Waals surface area (Å²) in [6.45, 7) is 7.98. The molecule has 3 rings (SSSR count). The number of benzene rings is 1. The minimum absolute atomic E-state index is 0.743. The van der Waals surface area contributed by atoms with Crippen LogP contribution in [0.4, 0.5) is 0 Å². The van der Waals surface area contributed by atoms with Gasteiger partial charge in [0.1, 0.15) is 0 Å². The van der Waals surface area contributed by atoms with Crippen molar-refractivity contribution in [1.82, 2.24) is 15.1 Å². The van der Waals surface area contributed by atoms with Gasteiger partial charge in [0, 0.05) is 51.9 Å². The molecule has 0 bridgehead atoms. The molecule has 2 saturated heterocycles. The standard InChI is InChI=1S/C16H25N3O2/c1-20-15-4-3-13(9-16(15)21-2)10-18-11-14(12-18)19-7-5-17-6-8-19/h3-4,9,14,17H,5-8,10-12H2,1-2H3. The second-order valence-corrected chi connectivity index (χ2v) is 5.82. The predicted molar refractivity (Wildman–Crippen MR) is 83.1 cm³/mol. The van der Waals surface area contributed by atoms with E-state index in [2.05, 4.69) is 27.2 Å². The molecule has 0 spiro atoms. The van der Waals surface area contributed by atoms with Crippen LogP contribution >= 0.6 is 0 Å². The molecule has 2 aliphatic heterocycles. The van der Waals surface area contributed by atoms with Crippen molar-refractivity contribution in [2.75, 3.05) is 53.5 Å². The van der Waals surface area contributed by atoms with Crippen LogP contribution in [0.5, 0.6) is 11.5 Å². The molecule has 2 fully saturated rings. The molecule has 2 aliphatic rings. The smallest absolute Gasteiger partial charge is 0.161 e. The molecule has 5 nitrogen and oxygen atoms in total. The molecule has 1 aromatic rings. The first-order chi connectivity index (χ1) is 10.3. The zero-order valence-corrected chi connectivity index (χ0v) is 13.0. The Labute approximate surface area is 126 Å². The number of hydrogen-bond donors (Lipinski definition) is 1. The molecule has 1 aromatic carbocycles. The molecule has 21 heavy (non-hydrogen) atoms. The van der Waals surface area contributed by atoms with E-state index in [1.54, 1.807) is 14.2 Å². The number of rotatable bonds is 5. The summed E-state index contributed by atoms with van der Waals surface area (Å²) in [5.74, 6) is 1.61. The lowest BCUT2D eigenvalue weighted by atomic mass is 10.0. The second-order valence-electron chi connectivity index (χ2n) is 5.82. The van der Waals surface area contributed by atoms with Gasteiger partial charge < -0.3 is 14.8 Å². The number of methoxy groups -OCH3 is 2. The van der Waals surface area contributed by atoms with E-state index >= 15 is 0 Å². The zero-order chi connectivity index (χ0) is 14.7. The fourth-order valence-electron chi connectivity index (χ4n) is 3.19. The Morgan fingerprint density at radius 2 is 1.81 bits per heavy atom. The molecule has 0 aliphatic carbocycles. The van der Waals surface area contributed by atoms with Gasteiger partial charge in [-0.1, -0.05) is 6.07 Å². The normalized spacial score (nSPS) is 21.0. The molecule has 1 N–H and O–H groups in total. The van der Waals surface area contributed by atoms with Crippen LogP contribution in [-0.2, 0) is 6.54 Å². The quantitative estimate of drug-likeness (QED) is 0.868. The maximum absolute atomic E-state index is 5.37. The SMILES string of the molecule is COc1ccc(CN2CC(N3CCNCC3)C2)cc1OC. The van der Waals surface area contributed by atoms with Gasteiger partial charge >= 0.3 is 0 Å². The van der Waals surface area contributed by atoms with Crippen molar-refractivity contribution in [3.8, 4) is 11.5 Å². The highest BCUT2D eigenvalue weighted by Gasteiger charge is 2.32. The Morgan fingerprint density at radius 1 is 1.10 bits per heavy atom. The molecule has 116 valence electrons. The highest BCUT2D eigenvalue weighted by Crippen LogP contribution is 2.29. The summed E-state index contributed by atoms with van der Waals surface area (Å²) < 4.78 is 10.6. The minimum Gasteiger partial charge on any atom is -0.493 e.